The molecule has 0 aliphatic heterocycles. The molecule has 18 heavy (non-hydrogen) atoms. The number of benzene rings is 1. The molecular formula is C15H15FO2. The molecule has 3 rings (SSSR count). The Kier molecular flexibility index (Phi) is 2.52. The van der Waals surface area contributed by atoms with Crippen molar-refractivity contribution in [1.29, 1.82) is 0 Å². The van der Waals surface area contributed by atoms with Gasteiger partial charge in [0.1, 0.15) is 17.2 Å². The van der Waals surface area contributed by atoms with Crippen LogP contribution >= 0.6 is 0 Å². The summed E-state index contributed by atoms with van der Waals surface area (Å²) in [6, 6.07) is 6.34. The molecule has 0 saturated carbocycles. The van der Waals surface area contributed by atoms with Crippen LogP contribution in [0.2, 0.25) is 0 Å². The van der Waals surface area contributed by atoms with Crippen molar-refractivity contribution in [2.45, 2.75) is 31.8 Å². The normalized spacial score (nSPS) is 22.8. The molecule has 2 aromatic rings. The van der Waals surface area contributed by atoms with Crippen LogP contribution < -0.4 is 0 Å². The molecule has 0 bridgehead atoms. The Morgan fingerprint density at radius 1 is 1.28 bits per heavy atom. The maximum Gasteiger partial charge on any atom is 0.123 e. The molecule has 0 fully saturated rings. The highest BCUT2D eigenvalue weighted by Crippen LogP contribution is 2.42. The van der Waals surface area contributed by atoms with Crippen molar-refractivity contribution in [3.63, 3.8) is 0 Å². The summed E-state index contributed by atoms with van der Waals surface area (Å²) in [7, 11) is 0. The molecular weight excluding hydrogens is 231 g/mol. The summed E-state index contributed by atoms with van der Waals surface area (Å²) in [4.78, 5) is 0. The maximum atomic E-state index is 13.4. The van der Waals surface area contributed by atoms with Gasteiger partial charge in [0.2, 0.25) is 0 Å². The van der Waals surface area contributed by atoms with Crippen molar-refractivity contribution in [3.05, 3.63) is 58.8 Å². The first kappa shape index (κ1) is 11.5. The van der Waals surface area contributed by atoms with E-state index in [2.05, 4.69) is 0 Å². The summed E-state index contributed by atoms with van der Waals surface area (Å²) in [5, 5.41) is 11.0. The van der Waals surface area contributed by atoms with Gasteiger partial charge in [-0.3, -0.25) is 0 Å². The molecule has 0 radical (unpaired) electrons. The molecule has 1 aromatic heterocycles. The highest BCUT2D eigenvalue weighted by Gasteiger charge is 2.38. The monoisotopic (exact) mass is 246 g/mol. The van der Waals surface area contributed by atoms with E-state index in [1.54, 1.807) is 18.4 Å². The van der Waals surface area contributed by atoms with Crippen molar-refractivity contribution in [2.24, 2.45) is 0 Å². The predicted molar refractivity (Wildman–Crippen MR) is 65.8 cm³/mol. The predicted octanol–water partition coefficient (Wildman–Crippen LogP) is 3.30. The van der Waals surface area contributed by atoms with E-state index < -0.39 is 5.60 Å². The van der Waals surface area contributed by atoms with Gasteiger partial charge in [0.05, 0.1) is 6.26 Å². The largest absolute Gasteiger partial charge is 0.469 e. The smallest absolute Gasteiger partial charge is 0.123 e. The zero-order valence-corrected chi connectivity index (χ0v) is 10.2. The number of aliphatic hydroxyl groups is 1. The highest BCUT2D eigenvalue weighted by atomic mass is 19.1. The zero-order chi connectivity index (χ0) is 12.8. The van der Waals surface area contributed by atoms with Crippen LogP contribution in [0.5, 0.6) is 0 Å². The Hall–Kier alpha value is -1.61. The second-order valence-electron chi connectivity index (χ2n) is 4.93. The summed E-state index contributed by atoms with van der Waals surface area (Å²) in [6.07, 6.45) is 3.87. The summed E-state index contributed by atoms with van der Waals surface area (Å²) in [6.45, 7) is 1.89. The third-order valence-electron chi connectivity index (χ3n) is 3.78. The minimum atomic E-state index is -1.12. The van der Waals surface area contributed by atoms with Gasteiger partial charge in [-0.1, -0.05) is 6.07 Å². The minimum absolute atomic E-state index is 0.320. The van der Waals surface area contributed by atoms with E-state index in [9.17, 15) is 9.50 Å². The van der Waals surface area contributed by atoms with Crippen molar-refractivity contribution in [2.75, 3.05) is 0 Å². The van der Waals surface area contributed by atoms with Gasteiger partial charge in [-0.25, -0.2) is 4.39 Å². The fraction of sp³-hybridized carbons (Fsp3) is 0.333. The summed E-state index contributed by atoms with van der Waals surface area (Å²) in [5.74, 6) is 0.493. The third kappa shape index (κ3) is 1.58. The Bertz CT molecular complexity index is 588. The molecule has 1 N–H and O–H groups in total. The lowest BCUT2D eigenvalue weighted by Crippen LogP contribution is -2.32. The Balaban J connectivity index is 2.20. The van der Waals surface area contributed by atoms with Crippen LogP contribution in [0.25, 0.3) is 0 Å². The van der Waals surface area contributed by atoms with E-state index in [1.807, 2.05) is 6.92 Å². The molecule has 1 aromatic carbocycles. The lowest BCUT2D eigenvalue weighted by atomic mass is 9.76. The average Bonchev–Trinajstić information content (AvgIpc) is 2.82. The van der Waals surface area contributed by atoms with Crippen LogP contribution in [-0.2, 0) is 12.0 Å². The molecule has 1 heterocycles. The molecule has 0 spiro atoms. The molecule has 1 unspecified atom stereocenters. The number of fused-ring (bicyclic) bond motifs is 1. The first-order chi connectivity index (χ1) is 8.61. The standard InChI is InChI=1S/C15H15FO2/c1-10-4-5-11(16)9-13(10)15(17)7-2-3-14-12(15)6-8-18-14/h4-6,8-9,17H,2-3,7H2,1H3. The second-order valence-corrected chi connectivity index (χ2v) is 4.93. The van der Waals surface area contributed by atoms with Crippen LogP contribution in [0, 0.1) is 12.7 Å². The van der Waals surface area contributed by atoms with E-state index in [0.29, 0.717) is 12.0 Å². The van der Waals surface area contributed by atoms with E-state index in [-0.39, 0.29) is 5.82 Å². The fourth-order valence-electron chi connectivity index (χ4n) is 2.86. The molecule has 94 valence electrons. The topological polar surface area (TPSA) is 33.4 Å². The molecule has 0 amide bonds. The molecule has 1 aliphatic carbocycles. The van der Waals surface area contributed by atoms with E-state index in [0.717, 1.165) is 29.7 Å². The fourth-order valence-corrected chi connectivity index (χ4v) is 2.86. The first-order valence-electron chi connectivity index (χ1n) is 6.17. The Labute approximate surface area is 105 Å². The average molecular weight is 246 g/mol. The Morgan fingerprint density at radius 2 is 2.11 bits per heavy atom. The zero-order valence-electron chi connectivity index (χ0n) is 10.2. The molecule has 1 aliphatic rings. The number of hydrogen-bond acceptors (Lipinski definition) is 2. The van der Waals surface area contributed by atoms with Crippen molar-refractivity contribution in [1.82, 2.24) is 0 Å². The lowest BCUT2D eigenvalue weighted by Gasteiger charge is -2.33. The van der Waals surface area contributed by atoms with Gasteiger partial charge in [0.25, 0.3) is 0 Å². The number of halogens is 1. The second kappa shape index (κ2) is 3.95. The number of furan rings is 1. The van der Waals surface area contributed by atoms with Gasteiger partial charge in [-0.05, 0) is 49.1 Å². The van der Waals surface area contributed by atoms with Gasteiger partial charge >= 0.3 is 0 Å². The van der Waals surface area contributed by atoms with Crippen LogP contribution in [-0.4, -0.2) is 5.11 Å². The number of rotatable bonds is 1. The van der Waals surface area contributed by atoms with Crippen molar-refractivity contribution in [3.8, 4) is 0 Å². The summed E-state index contributed by atoms with van der Waals surface area (Å²) < 4.78 is 18.8. The third-order valence-corrected chi connectivity index (χ3v) is 3.78. The Morgan fingerprint density at radius 3 is 2.94 bits per heavy atom. The van der Waals surface area contributed by atoms with Crippen molar-refractivity contribution < 1.29 is 13.9 Å². The maximum absolute atomic E-state index is 13.4. The van der Waals surface area contributed by atoms with Crippen LogP contribution in [0.3, 0.4) is 0 Å². The quantitative estimate of drug-likeness (QED) is 0.837. The molecule has 3 heteroatoms. The van der Waals surface area contributed by atoms with Gasteiger partial charge in [0.15, 0.2) is 0 Å². The number of hydrogen-bond donors (Lipinski definition) is 1. The lowest BCUT2D eigenvalue weighted by molar-refractivity contribution is 0.0580. The number of aryl methyl sites for hydroxylation is 2. The minimum Gasteiger partial charge on any atom is -0.469 e. The van der Waals surface area contributed by atoms with Gasteiger partial charge in [-0.15, -0.1) is 0 Å². The molecule has 1 atom stereocenters. The van der Waals surface area contributed by atoms with E-state index in [4.69, 9.17) is 4.42 Å². The summed E-state index contributed by atoms with van der Waals surface area (Å²) in [5.41, 5.74) is 1.20. The van der Waals surface area contributed by atoms with E-state index >= 15 is 0 Å². The van der Waals surface area contributed by atoms with Crippen LogP contribution in [0.4, 0.5) is 4.39 Å². The first-order valence-corrected chi connectivity index (χ1v) is 6.17. The summed E-state index contributed by atoms with van der Waals surface area (Å²) >= 11 is 0. The van der Waals surface area contributed by atoms with Crippen LogP contribution in [0.15, 0.2) is 34.9 Å². The molecule has 0 saturated heterocycles. The van der Waals surface area contributed by atoms with E-state index in [1.165, 1.54) is 12.1 Å². The van der Waals surface area contributed by atoms with Crippen LogP contribution in [0.1, 0.15) is 35.3 Å². The van der Waals surface area contributed by atoms with Crippen molar-refractivity contribution >= 4 is 0 Å². The van der Waals surface area contributed by atoms with Gasteiger partial charge < -0.3 is 9.52 Å². The van der Waals surface area contributed by atoms with Gasteiger partial charge in [0, 0.05) is 12.0 Å². The highest BCUT2D eigenvalue weighted by molar-refractivity contribution is 5.43. The van der Waals surface area contributed by atoms with Gasteiger partial charge in [-0.2, -0.15) is 0 Å². The molecule has 2 nitrogen and oxygen atoms in total. The SMILES string of the molecule is Cc1ccc(F)cc1C1(O)CCCc2occc21.